The van der Waals surface area contributed by atoms with Crippen LogP contribution in [-0.4, -0.2) is 19.7 Å². The van der Waals surface area contributed by atoms with Gasteiger partial charge in [-0.15, -0.1) is 0 Å². The van der Waals surface area contributed by atoms with Crippen LogP contribution in [0.25, 0.3) is 0 Å². The van der Waals surface area contributed by atoms with E-state index in [1.165, 1.54) is 48.5 Å². The first kappa shape index (κ1) is 50.3. The van der Waals surface area contributed by atoms with Crippen molar-refractivity contribution < 1.29 is 92.3 Å². The molecule has 264 valence electrons. The summed E-state index contributed by atoms with van der Waals surface area (Å²) >= 11 is 0. The molecule has 0 unspecified atom stereocenters. The third kappa shape index (κ3) is 16.9. The topological polar surface area (TPSA) is 283 Å². The van der Waals surface area contributed by atoms with Gasteiger partial charge in [0.1, 0.15) is 22.7 Å². The van der Waals surface area contributed by atoms with Crippen LogP contribution in [0.1, 0.15) is 22.3 Å². The maximum atomic E-state index is 10.2. The molecular formula is C28H36Cl4N8O8. The maximum Gasteiger partial charge on any atom is 0.275 e. The number of halogens is 4. The molecule has 48 heavy (non-hydrogen) atoms. The van der Waals surface area contributed by atoms with Gasteiger partial charge < -0.3 is 72.6 Å². The molecule has 0 saturated heterocycles. The minimum Gasteiger partial charge on any atom is -1.00 e. The Morgan fingerprint density at radius 2 is 0.521 bits per heavy atom. The van der Waals surface area contributed by atoms with Crippen LogP contribution in [0.2, 0.25) is 0 Å². The zero-order valence-electron chi connectivity index (χ0n) is 26.3. The maximum absolute atomic E-state index is 10.2. The van der Waals surface area contributed by atoms with Gasteiger partial charge in [0.25, 0.3) is 22.7 Å². The smallest absolute Gasteiger partial charge is 0.275 e. The predicted octanol–water partition coefficient (Wildman–Crippen LogP) is -8.88. The lowest BCUT2D eigenvalue weighted by Crippen LogP contribution is -3.00. The highest BCUT2D eigenvalue weighted by Gasteiger charge is 2.10. The molecule has 0 aliphatic rings. The Balaban J connectivity index is -0.000000262. The summed E-state index contributed by atoms with van der Waals surface area (Å²) in [6.45, 7) is 7.47. The highest BCUT2D eigenvalue weighted by atomic mass is 35.5. The van der Waals surface area contributed by atoms with E-state index in [0.29, 0.717) is 22.7 Å². The molecule has 0 amide bonds. The van der Waals surface area contributed by atoms with Gasteiger partial charge in [-0.3, -0.25) is 40.5 Å². The fourth-order valence-electron chi connectivity index (χ4n) is 3.09. The van der Waals surface area contributed by atoms with Crippen molar-refractivity contribution in [2.24, 2.45) is 0 Å². The molecule has 0 bridgehead atoms. The van der Waals surface area contributed by atoms with Crippen LogP contribution < -0.4 is 72.6 Å². The summed E-state index contributed by atoms with van der Waals surface area (Å²) in [4.78, 5) is 39.3. The standard InChI is InChI=1S/4C7H8N2O2.4ClH/c4*1-5-2-3-6(9(10)11)4-7(5)8;;;;/h4*2-4H,8H2,1H3;4*1H. The molecule has 0 aliphatic carbocycles. The second-order valence-corrected chi connectivity index (χ2v) is 9.47. The lowest BCUT2D eigenvalue weighted by Gasteiger charge is -1.93. The van der Waals surface area contributed by atoms with Gasteiger partial charge in [0.15, 0.2) is 0 Å². The first-order chi connectivity index (χ1) is 20.4. The van der Waals surface area contributed by atoms with E-state index in [9.17, 15) is 40.5 Å². The molecule has 4 aromatic rings. The Bertz CT molecular complexity index is 1450. The zero-order valence-corrected chi connectivity index (χ0v) is 29.3. The van der Waals surface area contributed by atoms with Crippen LogP contribution in [-0.2, 0) is 0 Å². The minimum atomic E-state index is -0.422. The van der Waals surface area contributed by atoms with Gasteiger partial charge in [0.05, 0.1) is 44.0 Å². The third-order valence-electron chi connectivity index (χ3n) is 6.17. The van der Waals surface area contributed by atoms with Crippen LogP contribution in [0.3, 0.4) is 0 Å². The molecule has 0 heterocycles. The summed E-state index contributed by atoms with van der Waals surface area (Å²) in [6.07, 6.45) is 0. The number of nitro benzene ring substituents is 4. The second kappa shape index (κ2) is 23.7. The fourth-order valence-corrected chi connectivity index (χ4v) is 3.09. The summed E-state index contributed by atoms with van der Waals surface area (Å²) in [6, 6.07) is 18.6. The van der Waals surface area contributed by atoms with E-state index in [-0.39, 0.29) is 72.4 Å². The first-order valence-corrected chi connectivity index (χ1v) is 12.7. The summed E-state index contributed by atoms with van der Waals surface area (Å²) in [5.41, 5.74) is 21.7. The molecule has 0 radical (unpaired) electrons. The van der Waals surface area contributed by atoms with Crippen LogP contribution in [0.4, 0.5) is 45.5 Å². The minimum absolute atomic E-state index is 0. The van der Waals surface area contributed by atoms with Gasteiger partial charge in [0, 0.05) is 46.5 Å². The average molecular weight is 754 g/mol. The normalized spacial score (nSPS) is 8.83. The van der Waals surface area contributed by atoms with Crippen LogP contribution in [0, 0.1) is 68.2 Å². The number of non-ortho nitro benzene ring substituents is 4. The number of hydrogen-bond acceptors (Lipinski definition) is 8. The van der Waals surface area contributed by atoms with Gasteiger partial charge in [-0.25, -0.2) is 0 Å². The predicted molar refractivity (Wildman–Crippen MR) is 162 cm³/mol. The quantitative estimate of drug-likeness (QED) is 0.114. The highest BCUT2D eigenvalue weighted by molar-refractivity contribution is 5.49. The molecule has 0 saturated carbocycles. The molecule has 4 rings (SSSR count). The van der Waals surface area contributed by atoms with Crippen molar-refractivity contribution >= 4 is 45.5 Å². The first-order valence-electron chi connectivity index (χ1n) is 12.7. The Morgan fingerprint density at radius 3 is 0.625 bits per heavy atom. The van der Waals surface area contributed by atoms with Gasteiger partial charge in [-0.2, -0.15) is 0 Å². The summed E-state index contributed by atoms with van der Waals surface area (Å²) in [7, 11) is 0. The second-order valence-electron chi connectivity index (χ2n) is 9.47. The van der Waals surface area contributed by atoms with Crippen molar-refractivity contribution in [1.29, 1.82) is 0 Å². The van der Waals surface area contributed by atoms with Gasteiger partial charge in [0.2, 0.25) is 0 Å². The van der Waals surface area contributed by atoms with E-state index in [1.54, 1.807) is 24.3 Å². The molecule has 20 heteroatoms. The lowest BCUT2D eigenvalue weighted by atomic mass is 10.2. The number of nitro groups is 4. The van der Waals surface area contributed by atoms with Crippen molar-refractivity contribution in [3.05, 3.63) is 136 Å². The van der Waals surface area contributed by atoms with Crippen molar-refractivity contribution in [3.63, 3.8) is 0 Å². The van der Waals surface area contributed by atoms with Gasteiger partial charge in [-0.05, 0) is 52.0 Å². The van der Waals surface area contributed by atoms with Crippen molar-refractivity contribution in [3.8, 4) is 0 Å². The van der Waals surface area contributed by atoms with Crippen LogP contribution in [0.15, 0.2) is 72.8 Å². The van der Waals surface area contributed by atoms with E-state index >= 15 is 0 Å². The van der Waals surface area contributed by atoms with Gasteiger partial charge in [-0.1, -0.05) is 0 Å². The SMILES string of the molecule is Cc1ccc([N+](=O)[O-])cc1[NH3+].Cc1ccc([N+](=O)[O-])cc1[NH3+].Cc1ccc([N+](=O)[O-])cc1[NH3+].Cc1ccc([N+](=O)[O-])cc1[NH3+].[Cl-].[Cl-].[Cl-].[Cl-]. The molecule has 0 aromatic heterocycles. The summed E-state index contributed by atoms with van der Waals surface area (Å²) in [5.74, 6) is 0. The fraction of sp³-hybridized carbons (Fsp3) is 0.143. The summed E-state index contributed by atoms with van der Waals surface area (Å²) < 4.78 is 0. The molecule has 0 fully saturated rings. The summed E-state index contributed by atoms with van der Waals surface area (Å²) in [5, 5.41) is 41.0. The Morgan fingerprint density at radius 1 is 0.375 bits per heavy atom. The number of nitrogens with zero attached hydrogens (tertiary/aromatic N) is 4. The Kier molecular flexibility index (Phi) is 24.9. The molecule has 4 aromatic carbocycles. The molecule has 0 atom stereocenters. The number of rotatable bonds is 4. The van der Waals surface area contributed by atoms with E-state index in [2.05, 4.69) is 22.9 Å². The van der Waals surface area contributed by atoms with E-state index in [4.69, 9.17) is 0 Å². The van der Waals surface area contributed by atoms with Crippen molar-refractivity contribution in [2.75, 3.05) is 0 Å². The molecule has 0 spiro atoms. The van der Waals surface area contributed by atoms with Crippen LogP contribution in [0.5, 0.6) is 0 Å². The molecule has 16 nitrogen and oxygen atoms in total. The third-order valence-corrected chi connectivity index (χ3v) is 6.17. The average Bonchev–Trinajstić information content (AvgIpc) is 2.95. The largest absolute Gasteiger partial charge is 1.00 e. The highest BCUT2D eigenvalue weighted by Crippen LogP contribution is 2.19. The zero-order chi connectivity index (χ0) is 33.7. The van der Waals surface area contributed by atoms with E-state index in [1.807, 2.05) is 27.7 Å². The van der Waals surface area contributed by atoms with Crippen molar-refractivity contribution in [2.45, 2.75) is 27.7 Å². The van der Waals surface area contributed by atoms with Gasteiger partial charge >= 0.3 is 0 Å². The van der Waals surface area contributed by atoms with Crippen molar-refractivity contribution in [1.82, 2.24) is 0 Å². The van der Waals surface area contributed by atoms with E-state index < -0.39 is 19.7 Å². The molecule has 12 N–H and O–H groups in total. The number of aryl methyl sites for hydroxylation is 4. The molecular weight excluding hydrogens is 718 g/mol. The van der Waals surface area contributed by atoms with E-state index in [0.717, 1.165) is 22.3 Å². The molecule has 0 aliphatic heterocycles. The lowest BCUT2D eigenvalue weighted by molar-refractivity contribution is -0.385. The number of hydrogen-bond donors (Lipinski definition) is 4. The number of quaternary nitrogens is 4. The Hall–Kier alpha value is -4.52. The number of benzene rings is 4. The monoisotopic (exact) mass is 752 g/mol. The Labute approximate surface area is 300 Å². The van der Waals surface area contributed by atoms with Crippen LogP contribution >= 0.6 is 0 Å².